The van der Waals surface area contributed by atoms with E-state index in [9.17, 15) is 9.90 Å². The van der Waals surface area contributed by atoms with Gasteiger partial charge < -0.3 is 14.4 Å². The Balaban J connectivity index is 1.95. The van der Waals surface area contributed by atoms with Gasteiger partial charge in [-0.2, -0.15) is 0 Å². The molecule has 6 nitrogen and oxygen atoms in total. The number of anilines is 1. The second-order valence-electron chi connectivity index (χ2n) is 6.12. The number of aromatic nitrogens is 2. The second-order valence-corrected chi connectivity index (χ2v) is 6.12. The summed E-state index contributed by atoms with van der Waals surface area (Å²) in [6.07, 6.45) is 2.13. The molecule has 0 saturated carbocycles. The van der Waals surface area contributed by atoms with Crippen LogP contribution in [0.3, 0.4) is 0 Å². The largest absolute Gasteiger partial charge is 0.475 e. The van der Waals surface area contributed by atoms with Crippen LogP contribution in [0.5, 0.6) is 0 Å². The number of para-hydroxylation sites is 1. The Morgan fingerprint density at radius 2 is 2.00 bits per heavy atom. The molecule has 4 rings (SSSR count). The lowest BCUT2D eigenvalue weighted by molar-refractivity contribution is 0.0684. The molecule has 0 spiro atoms. The van der Waals surface area contributed by atoms with E-state index in [1.807, 2.05) is 24.3 Å². The van der Waals surface area contributed by atoms with Crippen LogP contribution in [0.25, 0.3) is 22.1 Å². The fourth-order valence-electron chi connectivity index (χ4n) is 3.11. The van der Waals surface area contributed by atoms with Crippen LogP contribution in [-0.2, 0) is 0 Å². The number of rotatable bonds is 2. The number of carboxylic acids is 1. The molecule has 1 aliphatic rings. The topological polar surface area (TPSA) is 79.5 Å². The lowest BCUT2D eigenvalue weighted by Gasteiger charge is -2.31. The molecular formula is C17H17N3O3. The van der Waals surface area contributed by atoms with Gasteiger partial charge in [0.15, 0.2) is 11.4 Å². The number of aromatic carboxylic acids is 1. The van der Waals surface area contributed by atoms with Crippen molar-refractivity contribution in [2.75, 3.05) is 18.0 Å². The molecule has 1 fully saturated rings. The molecule has 118 valence electrons. The van der Waals surface area contributed by atoms with Gasteiger partial charge in [-0.05, 0) is 30.9 Å². The maximum Gasteiger partial charge on any atom is 0.374 e. The van der Waals surface area contributed by atoms with Gasteiger partial charge in [-0.25, -0.2) is 14.8 Å². The smallest absolute Gasteiger partial charge is 0.374 e. The Kier molecular flexibility index (Phi) is 3.18. The molecule has 1 saturated heterocycles. The number of carbonyl (C=O) groups is 1. The van der Waals surface area contributed by atoms with Gasteiger partial charge in [0.2, 0.25) is 5.82 Å². The van der Waals surface area contributed by atoms with Crippen LogP contribution in [0.2, 0.25) is 0 Å². The normalized spacial score (nSPS) is 16.3. The van der Waals surface area contributed by atoms with Crippen molar-refractivity contribution in [2.45, 2.75) is 19.8 Å². The lowest BCUT2D eigenvalue weighted by atomic mass is 9.99. The van der Waals surface area contributed by atoms with Gasteiger partial charge in [-0.3, -0.25) is 0 Å². The minimum atomic E-state index is -1.12. The van der Waals surface area contributed by atoms with Crippen LogP contribution in [-0.4, -0.2) is 34.1 Å². The maximum absolute atomic E-state index is 11.4. The van der Waals surface area contributed by atoms with E-state index in [4.69, 9.17) is 4.42 Å². The van der Waals surface area contributed by atoms with E-state index >= 15 is 0 Å². The monoisotopic (exact) mass is 311 g/mol. The Morgan fingerprint density at radius 1 is 1.26 bits per heavy atom. The molecular weight excluding hydrogens is 294 g/mol. The molecule has 6 heteroatoms. The van der Waals surface area contributed by atoms with Gasteiger partial charge in [0.05, 0.1) is 0 Å². The zero-order valence-electron chi connectivity index (χ0n) is 12.8. The highest BCUT2D eigenvalue weighted by Crippen LogP contribution is 2.34. The molecule has 0 atom stereocenters. The SMILES string of the molecule is CC1CCN(c2nc(C(=O)O)nc3c2oc2ccccc23)CC1. The number of fused-ring (bicyclic) bond motifs is 3. The van der Waals surface area contributed by atoms with Crippen molar-refractivity contribution in [2.24, 2.45) is 5.92 Å². The van der Waals surface area contributed by atoms with Crippen molar-refractivity contribution in [3.8, 4) is 0 Å². The zero-order valence-corrected chi connectivity index (χ0v) is 12.8. The van der Waals surface area contributed by atoms with E-state index in [0.717, 1.165) is 31.3 Å². The van der Waals surface area contributed by atoms with Crippen LogP contribution in [0.1, 0.15) is 30.4 Å². The van der Waals surface area contributed by atoms with E-state index in [-0.39, 0.29) is 5.82 Å². The number of piperidine rings is 1. The molecule has 0 bridgehead atoms. The number of furan rings is 1. The Hall–Kier alpha value is -2.63. The average Bonchev–Trinajstić information content (AvgIpc) is 2.93. The van der Waals surface area contributed by atoms with Crippen LogP contribution in [0.4, 0.5) is 5.82 Å². The van der Waals surface area contributed by atoms with Crippen molar-refractivity contribution < 1.29 is 14.3 Å². The summed E-state index contributed by atoms with van der Waals surface area (Å²) in [5, 5.41) is 10.2. The summed E-state index contributed by atoms with van der Waals surface area (Å²) < 4.78 is 5.94. The number of hydrogen-bond donors (Lipinski definition) is 1. The first-order valence-corrected chi connectivity index (χ1v) is 7.81. The van der Waals surface area contributed by atoms with E-state index in [0.29, 0.717) is 28.4 Å². The van der Waals surface area contributed by atoms with Crippen LogP contribution < -0.4 is 4.90 Å². The minimum absolute atomic E-state index is 0.183. The van der Waals surface area contributed by atoms with E-state index in [1.165, 1.54) is 0 Å². The van der Waals surface area contributed by atoms with Gasteiger partial charge >= 0.3 is 5.97 Å². The van der Waals surface area contributed by atoms with Gasteiger partial charge in [0.25, 0.3) is 0 Å². The van der Waals surface area contributed by atoms with Crippen molar-refractivity contribution in [3.05, 3.63) is 30.1 Å². The van der Waals surface area contributed by atoms with Gasteiger partial charge in [-0.1, -0.05) is 19.1 Å². The quantitative estimate of drug-likeness (QED) is 0.782. The predicted octanol–water partition coefficient (Wildman–Crippen LogP) is 3.31. The summed E-state index contributed by atoms with van der Waals surface area (Å²) in [4.78, 5) is 22.0. The third kappa shape index (κ3) is 2.30. The molecule has 0 amide bonds. The summed E-state index contributed by atoms with van der Waals surface area (Å²) in [6, 6.07) is 7.53. The highest BCUT2D eigenvalue weighted by molar-refractivity contribution is 6.06. The number of nitrogens with zero attached hydrogens (tertiary/aromatic N) is 3. The van der Waals surface area contributed by atoms with Crippen molar-refractivity contribution in [1.29, 1.82) is 0 Å². The molecule has 1 aromatic carbocycles. The molecule has 23 heavy (non-hydrogen) atoms. The molecule has 0 aliphatic carbocycles. The lowest BCUT2D eigenvalue weighted by Crippen LogP contribution is -2.33. The standard InChI is InChI=1S/C17H17N3O3/c1-10-6-8-20(9-7-10)16-14-13(18-15(19-16)17(21)22)11-4-2-3-5-12(11)23-14/h2-5,10H,6-9H2,1H3,(H,21,22). The fourth-order valence-corrected chi connectivity index (χ4v) is 3.11. The van der Waals surface area contributed by atoms with Crippen LogP contribution in [0.15, 0.2) is 28.7 Å². The highest BCUT2D eigenvalue weighted by atomic mass is 16.4. The van der Waals surface area contributed by atoms with Gasteiger partial charge in [0.1, 0.15) is 11.1 Å². The van der Waals surface area contributed by atoms with E-state index in [1.54, 1.807) is 0 Å². The number of hydrogen-bond acceptors (Lipinski definition) is 5. The molecule has 3 aromatic rings. The molecule has 3 heterocycles. The Morgan fingerprint density at radius 3 is 2.74 bits per heavy atom. The van der Waals surface area contributed by atoms with Crippen LogP contribution in [0, 0.1) is 5.92 Å². The predicted molar refractivity (Wildman–Crippen MR) is 86.9 cm³/mol. The highest BCUT2D eigenvalue weighted by Gasteiger charge is 2.24. The van der Waals surface area contributed by atoms with E-state index < -0.39 is 5.97 Å². The molecule has 0 unspecified atom stereocenters. The van der Waals surface area contributed by atoms with Gasteiger partial charge in [0, 0.05) is 18.5 Å². The summed E-state index contributed by atoms with van der Waals surface area (Å²) >= 11 is 0. The second kappa shape index (κ2) is 5.22. The van der Waals surface area contributed by atoms with E-state index in [2.05, 4.69) is 21.8 Å². The third-order valence-corrected chi connectivity index (χ3v) is 4.48. The van der Waals surface area contributed by atoms with Crippen molar-refractivity contribution in [1.82, 2.24) is 9.97 Å². The van der Waals surface area contributed by atoms with Crippen molar-refractivity contribution in [3.63, 3.8) is 0 Å². The Bertz CT molecular complexity index is 895. The molecule has 1 N–H and O–H groups in total. The average molecular weight is 311 g/mol. The first-order valence-electron chi connectivity index (χ1n) is 7.81. The minimum Gasteiger partial charge on any atom is -0.475 e. The summed E-state index contributed by atoms with van der Waals surface area (Å²) in [6.45, 7) is 3.93. The first-order chi connectivity index (χ1) is 11.1. The molecule has 2 aromatic heterocycles. The zero-order chi connectivity index (χ0) is 16.0. The summed E-state index contributed by atoms with van der Waals surface area (Å²) in [5.41, 5.74) is 1.85. The first kappa shape index (κ1) is 14.0. The summed E-state index contributed by atoms with van der Waals surface area (Å²) in [5.74, 6) is -0.0322. The third-order valence-electron chi connectivity index (χ3n) is 4.48. The molecule has 1 aliphatic heterocycles. The van der Waals surface area contributed by atoms with Crippen molar-refractivity contribution >= 4 is 33.9 Å². The Labute approximate surface area is 132 Å². The molecule has 0 radical (unpaired) electrons. The number of benzene rings is 1. The summed E-state index contributed by atoms with van der Waals surface area (Å²) in [7, 11) is 0. The maximum atomic E-state index is 11.4. The fraction of sp³-hybridized carbons (Fsp3) is 0.353. The van der Waals surface area contributed by atoms with Crippen LogP contribution >= 0.6 is 0 Å². The number of carboxylic acid groups (broad SMARTS) is 1. The van der Waals surface area contributed by atoms with Gasteiger partial charge in [-0.15, -0.1) is 0 Å².